The molecule has 1 aromatic carbocycles. The minimum atomic E-state index is -0.305. The van der Waals surface area contributed by atoms with E-state index in [1.54, 1.807) is 33.2 Å². The van der Waals surface area contributed by atoms with Crippen LogP contribution in [0.2, 0.25) is 0 Å². The Morgan fingerprint density at radius 3 is 2.96 bits per heavy atom. The summed E-state index contributed by atoms with van der Waals surface area (Å²) in [4.78, 5) is 20.1. The topological polar surface area (TPSA) is 51.0 Å². The summed E-state index contributed by atoms with van der Waals surface area (Å²) in [6.07, 6.45) is 3.88. The van der Waals surface area contributed by atoms with E-state index < -0.39 is 0 Å². The van der Waals surface area contributed by atoms with Gasteiger partial charge in [-0.25, -0.2) is 9.37 Å². The second-order valence-corrected chi connectivity index (χ2v) is 7.72. The molecular formula is C18H15FN4OS2. The van der Waals surface area contributed by atoms with Crippen LogP contribution in [-0.2, 0) is 17.8 Å². The summed E-state index contributed by atoms with van der Waals surface area (Å²) < 4.78 is 16.0. The first kappa shape index (κ1) is 16.9. The van der Waals surface area contributed by atoms with E-state index in [2.05, 4.69) is 10.1 Å². The zero-order chi connectivity index (χ0) is 17.9. The van der Waals surface area contributed by atoms with Crippen molar-refractivity contribution in [3.8, 4) is 0 Å². The smallest absolute Gasteiger partial charge is 0.234 e. The zero-order valence-electron chi connectivity index (χ0n) is 13.7. The number of fused-ring (bicyclic) bond motifs is 1. The monoisotopic (exact) mass is 386 g/mol. The lowest BCUT2D eigenvalue weighted by atomic mass is 10.3. The van der Waals surface area contributed by atoms with Crippen LogP contribution in [0.4, 0.5) is 9.52 Å². The largest absolute Gasteiger partial charge is 0.286 e. The lowest BCUT2D eigenvalue weighted by Crippen LogP contribution is -2.35. The molecule has 26 heavy (non-hydrogen) atoms. The lowest BCUT2D eigenvalue weighted by Gasteiger charge is -2.19. The first-order valence-electron chi connectivity index (χ1n) is 8.05. The van der Waals surface area contributed by atoms with Crippen molar-refractivity contribution in [2.45, 2.75) is 13.0 Å². The van der Waals surface area contributed by atoms with E-state index >= 15 is 0 Å². The Hall–Kier alpha value is -2.58. The summed E-state index contributed by atoms with van der Waals surface area (Å²) in [6, 6.07) is 10.2. The van der Waals surface area contributed by atoms with E-state index in [4.69, 9.17) is 0 Å². The van der Waals surface area contributed by atoms with Crippen molar-refractivity contribution in [1.29, 1.82) is 0 Å². The number of thiophene rings is 1. The maximum absolute atomic E-state index is 13.5. The molecule has 132 valence electrons. The van der Waals surface area contributed by atoms with Gasteiger partial charge in [-0.05, 0) is 35.7 Å². The number of amides is 1. The van der Waals surface area contributed by atoms with Crippen molar-refractivity contribution in [3.05, 3.63) is 64.9 Å². The summed E-state index contributed by atoms with van der Waals surface area (Å²) in [5.41, 5.74) is 0.694. The molecule has 4 aromatic rings. The van der Waals surface area contributed by atoms with Gasteiger partial charge in [0.1, 0.15) is 5.82 Å². The number of hydrogen-bond acceptors (Lipinski definition) is 5. The summed E-state index contributed by atoms with van der Waals surface area (Å²) in [6.45, 7) is 1.02. The second-order valence-electron chi connectivity index (χ2n) is 5.68. The van der Waals surface area contributed by atoms with Crippen LogP contribution in [0.1, 0.15) is 4.88 Å². The fraction of sp³-hybridized carbons (Fsp3) is 0.167. The van der Waals surface area contributed by atoms with E-state index in [9.17, 15) is 9.18 Å². The Labute approximate surface area is 157 Å². The molecule has 0 saturated carbocycles. The molecule has 0 unspecified atom stereocenters. The van der Waals surface area contributed by atoms with Crippen LogP contribution in [-0.4, -0.2) is 27.2 Å². The number of carbonyl (C=O) groups is 1. The Bertz CT molecular complexity index is 1010. The molecular weight excluding hydrogens is 371 g/mol. The van der Waals surface area contributed by atoms with E-state index in [1.165, 1.54) is 23.5 Å². The van der Waals surface area contributed by atoms with E-state index in [0.29, 0.717) is 30.2 Å². The molecule has 8 heteroatoms. The maximum atomic E-state index is 13.5. The van der Waals surface area contributed by atoms with Crippen molar-refractivity contribution in [1.82, 2.24) is 14.8 Å². The standard InChI is InChI=1S/C18H15FN4OS2/c19-13-4-5-15-16(11-13)26-18(21-15)23(9-8-22-7-2-6-20-22)17(24)12-14-3-1-10-25-14/h1-7,10-11H,8-9,12H2. The summed E-state index contributed by atoms with van der Waals surface area (Å²) >= 11 is 2.88. The first-order chi connectivity index (χ1) is 12.7. The molecule has 0 aliphatic carbocycles. The molecule has 0 radical (unpaired) electrons. The van der Waals surface area contributed by atoms with Gasteiger partial charge in [0.2, 0.25) is 5.91 Å². The van der Waals surface area contributed by atoms with Crippen LogP contribution < -0.4 is 4.90 Å². The maximum Gasteiger partial charge on any atom is 0.234 e. The highest BCUT2D eigenvalue weighted by molar-refractivity contribution is 7.22. The molecule has 0 aliphatic rings. The van der Waals surface area contributed by atoms with Gasteiger partial charge in [-0.3, -0.25) is 14.4 Å². The summed E-state index contributed by atoms with van der Waals surface area (Å²) in [5, 5.41) is 6.72. The number of halogens is 1. The Kier molecular flexibility index (Phi) is 4.77. The third-order valence-electron chi connectivity index (χ3n) is 3.89. The molecule has 3 aromatic heterocycles. The Morgan fingerprint density at radius 1 is 1.27 bits per heavy atom. The number of carbonyl (C=O) groups excluding carboxylic acids is 1. The summed E-state index contributed by atoms with van der Waals surface area (Å²) in [7, 11) is 0. The highest BCUT2D eigenvalue weighted by Crippen LogP contribution is 2.30. The van der Waals surface area contributed by atoms with Crippen molar-refractivity contribution in [2.24, 2.45) is 0 Å². The number of aromatic nitrogens is 3. The van der Waals surface area contributed by atoms with Gasteiger partial charge < -0.3 is 0 Å². The van der Waals surface area contributed by atoms with Crippen LogP contribution in [0.25, 0.3) is 10.2 Å². The van der Waals surface area contributed by atoms with Gasteiger partial charge >= 0.3 is 0 Å². The van der Waals surface area contributed by atoms with Crippen LogP contribution in [0.5, 0.6) is 0 Å². The fourth-order valence-corrected chi connectivity index (χ4v) is 4.35. The van der Waals surface area contributed by atoms with E-state index in [0.717, 1.165) is 9.58 Å². The molecule has 0 spiro atoms. The quantitative estimate of drug-likeness (QED) is 0.504. The molecule has 1 amide bonds. The summed E-state index contributed by atoms with van der Waals surface area (Å²) in [5.74, 6) is -0.333. The SMILES string of the molecule is O=C(Cc1cccs1)N(CCn1cccn1)c1nc2ccc(F)cc2s1. The Morgan fingerprint density at radius 2 is 2.19 bits per heavy atom. The predicted octanol–water partition coefficient (Wildman–Crippen LogP) is 3.97. The van der Waals surface area contributed by atoms with Gasteiger partial charge in [0, 0.05) is 23.8 Å². The third kappa shape index (κ3) is 3.66. The average molecular weight is 386 g/mol. The molecule has 0 saturated heterocycles. The average Bonchev–Trinajstić information content (AvgIpc) is 3.35. The van der Waals surface area contributed by atoms with Crippen molar-refractivity contribution in [2.75, 3.05) is 11.4 Å². The number of hydrogen-bond donors (Lipinski definition) is 0. The minimum Gasteiger partial charge on any atom is -0.286 e. The van der Waals surface area contributed by atoms with Crippen LogP contribution in [0.15, 0.2) is 54.2 Å². The number of nitrogens with zero attached hydrogens (tertiary/aromatic N) is 4. The first-order valence-corrected chi connectivity index (χ1v) is 9.75. The van der Waals surface area contributed by atoms with E-state index in [1.807, 2.05) is 29.8 Å². The van der Waals surface area contributed by atoms with Crippen LogP contribution >= 0.6 is 22.7 Å². The molecule has 0 fully saturated rings. The van der Waals surface area contributed by atoms with Gasteiger partial charge in [0.25, 0.3) is 0 Å². The normalized spacial score (nSPS) is 11.1. The minimum absolute atomic E-state index is 0.0286. The fourth-order valence-electron chi connectivity index (χ4n) is 2.62. The molecule has 3 heterocycles. The number of rotatable bonds is 6. The molecule has 5 nitrogen and oxygen atoms in total. The van der Waals surface area contributed by atoms with Crippen LogP contribution in [0, 0.1) is 5.82 Å². The van der Waals surface area contributed by atoms with Gasteiger partial charge in [0.15, 0.2) is 5.13 Å². The second kappa shape index (κ2) is 7.35. The predicted molar refractivity (Wildman–Crippen MR) is 102 cm³/mol. The van der Waals surface area contributed by atoms with Gasteiger partial charge in [-0.15, -0.1) is 11.3 Å². The van der Waals surface area contributed by atoms with Crippen molar-refractivity contribution < 1.29 is 9.18 Å². The van der Waals surface area contributed by atoms with Gasteiger partial charge in [-0.1, -0.05) is 17.4 Å². The highest BCUT2D eigenvalue weighted by Gasteiger charge is 2.20. The number of thiazole rings is 1. The molecule has 0 atom stereocenters. The lowest BCUT2D eigenvalue weighted by molar-refractivity contribution is -0.118. The van der Waals surface area contributed by atoms with Gasteiger partial charge in [-0.2, -0.15) is 5.10 Å². The van der Waals surface area contributed by atoms with E-state index in [-0.39, 0.29) is 11.7 Å². The van der Waals surface area contributed by atoms with Crippen molar-refractivity contribution >= 4 is 43.9 Å². The molecule has 0 N–H and O–H groups in total. The molecule has 0 bridgehead atoms. The number of benzene rings is 1. The number of anilines is 1. The van der Waals surface area contributed by atoms with Crippen LogP contribution in [0.3, 0.4) is 0 Å². The molecule has 4 rings (SSSR count). The zero-order valence-corrected chi connectivity index (χ0v) is 15.3. The third-order valence-corrected chi connectivity index (χ3v) is 5.81. The van der Waals surface area contributed by atoms with Crippen molar-refractivity contribution in [3.63, 3.8) is 0 Å². The molecule has 0 aliphatic heterocycles. The Balaban J connectivity index is 1.62. The van der Waals surface area contributed by atoms with Gasteiger partial charge in [0.05, 0.1) is 23.2 Å². The highest BCUT2D eigenvalue weighted by atomic mass is 32.1.